The third-order valence-electron chi connectivity index (χ3n) is 4.53. The third-order valence-corrected chi connectivity index (χ3v) is 4.53. The van der Waals surface area contributed by atoms with Gasteiger partial charge >= 0.3 is 0 Å². The molecule has 3 amide bonds. The summed E-state index contributed by atoms with van der Waals surface area (Å²) in [6.45, 7) is 0.373. The maximum atomic E-state index is 12.3. The zero-order valence-electron chi connectivity index (χ0n) is 16.4. The summed E-state index contributed by atoms with van der Waals surface area (Å²) >= 11 is 0. The van der Waals surface area contributed by atoms with E-state index in [0.717, 1.165) is 10.6 Å². The Morgan fingerprint density at radius 2 is 1.58 bits per heavy atom. The van der Waals surface area contributed by atoms with Crippen molar-refractivity contribution in [3.63, 3.8) is 0 Å². The van der Waals surface area contributed by atoms with Crippen molar-refractivity contribution in [2.24, 2.45) is 0 Å². The van der Waals surface area contributed by atoms with E-state index >= 15 is 0 Å². The van der Waals surface area contributed by atoms with Gasteiger partial charge in [-0.2, -0.15) is 0 Å². The molecule has 156 valence electrons. The minimum absolute atomic E-state index is 0.291. The van der Waals surface area contributed by atoms with E-state index in [0.29, 0.717) is 35.9 Å². The molecule has 0 bridgehead atoms. The van der Waals surface area contributed by atoms with Crippen molar-refractivity contribution in [2.45, 2.75) is 0 Å². The molecule has 1 aliphatic heterocycles. The number of carbonyl (C=O) groups is 3. The van der Waals surface area contributed by atoms with E-state index in [1.165, 1.54) is 0 Å². The number of pyridine rings is 1. The fourth-order valence-corrected chi connectivity index (χ4v) is 3.05. The molecule has 0 saturated carbocycles. The summed E-state index contributed by atoms with van der Waals surface area (Å²) in [5, 5.41) is 16.9. The zero-order valence-corrected chi connectivity index (χ0v) is 16.4. The standard InChI is InChI=1S/C21H19N7O3/c29-19(13-28-20(30)15-5-1-2-6-16(15)21(28)31)24-11-10-23-17-7-8-18(27-26-17)25-14-4-3-9-22-12-14/h1-9,12H,10-11,13H2,(H,23,26)(H,24,29)(H,25,27). The molecule has 0 aliphatic carbocycles. The Hall–Kier alpha value is -4.34. The number of nitrogens with one attached hydrogen (secondary N) is 3. The number of fused-ring (bicyclic) bond motifs is 1. The maximum Gasteiger partial charge on any atom is 0.262 e. The van der Waals surface area contributed by atoms with Crippen LogP contribution in [-0.2, 0) is 4.79 Å². The molecule has 3 aromatic rings. The van der Waals surface area contributed by atoms with Crippen molar-refractivity contribution in [3.8, 4) is 0 Å². The molecular weight excluding hydrogens is 398 g/mol. The van der Waals surface area contributed by atoms with Gasteiger partial charge in [0.15, 0.2) is 5.82 Å². The average molecular weight is 417 g/mol. The molecule has 0 saturated heterocycles. The normalized spacial score (nSPS) is 12.5. The smallest absolute Gasteiger partial charge is 0.262 e. The molecule has 10 heteroatoms. The Labute approximate surface area is 177 Å². The number of imide groups is 1. The molecule has 10 nitrogen and oxygen atoms in total. The molecule has 31 heavy (non-hydrogen) atoms. The Morgan fingerprint density at radius 1 is 0.871 bits per heavy atom. The molecule has 0 fully saturated rings. The van der Waals surface area contributed by atoms with Gasteiger partial charge in [-0.05, 0) is 36.4 Å². The second-order valence-corrected chi connectivity index (χ2v) is 6.69. The molecule has 0 spiro atoms. The molecule has 2 aromatic heterocycles. The Kier molecular flexibility index (Phi) is 5.79. The van der Waals surface area contributed by atoms with Crippen LogP contribution in [0, 0.1) is 0 Å². The van der Waals surface area contributed by atoms with Crippen molar-refractivity contribution < 1.29 is 14.4 Å². The predicted octanol–water partition coefficient (Wildman–Crippen LogP) is 1.44. The summed E-state index contributed by atoms with van der Waals surface area (Å²) in [7, 11) is 0. The number of benzene rings is 1. The van der Waals surface area contributed by atoms with E-state index in [1.54, 1.807) is 48.8 Å². The minimum atomic E-state index is -0.455. The van der Waals surface area contributed by atoms with E-state index in [2.05, 4.69) is 31.1 Å². The van der Waals surface area contributed by atoms with Gasteiger partial charge in [-0.1, -0.05) is 12.1 Å². The van der Waals surface area contributed by atoms with E-state index in [9.17, 15) is 14.4 Å². The van der Waals surface area contributed by atoms with Crippen molar-refractivity contribution in [1.29, 1.82) is 0 Å². The van der Waals surface area contributed by atoms with Crippen LogP contribution >= 0.6 is 0 Å². The number of hydrogen-bond acceptors (Lipinski definition) is 8. The second kappa shape index (κ2) is 8.99. The SMILES string of the molecule is O=C(CN1C(=O)c2ccccc2C1=O)NCCNc1ccc(Nc2cccnc2)nn1. The van der Waals surface area contributed by atoms with Crippen LogP contribution in [0.15, 0.2) is 60.9 Å². The molecule has 4 rings (SSSR count). The number of aromatic nitrogens is 3. The highest BCUT2D eigenvalue weighted by atomic mass is 16.2. The third kappa shape index (κ3) is 4.64. The highest BCUT2D eigenvalue weighted by Gasteiger charge is 2.36. The van der Waals surface area contributed by atoms with Crippen LogP contribution in [0.25, 0.3) is 0 Å². The summed E-state index contributed by atoms with van der Waals surface area (Å²) in [4.78, 5) is 41.7. The predicted molar refractivity (Wildman–Crippen MR) is 113 cm³/mol. The lowest BCUT2D eigenvalue weighted by Crippen LogP contribution is -2.41. The molecular formula is C21H19N7O3. The molecule has 3 N–H and O–H groups in total. The second-order valence-electron chi connectivity index (χ2n) is 6.69. The van der Waals surface area contributed by atoms with Crippen molar-refractivity contribution in [2.75, 3.05) is 30.3 Å². The van der Waals surface area contributed by atoms with E-state index in [1.807, 2.05) is 12.1 Å². The lowest BCUT2D eigenvalue weighted by Gasteiger charge is -2.14. The van der Waals surface area contributed by atoms with Gasteiger partial charge in [-0.25, -0.2) is 0 Å². The van der Waals surface area contributed by atoms with Crippen molar-refractivity contribution >= 4 is 35.0 Å². The summed E-state index contributed by atoms with van der Waals surface area (Å²) in [6, 6.07) is 13.7. The van der Waals surface area contributed by atoms with Gasteiger partial charge in [0, 0.05) is 19.3 Å². The first-order valence-electron chi connectivity index (χ1n) is 9.58. The van der Waals surface area contributed by atoms with Crippen LogP contribution in [-0.4, -0.2) is 57.4 Å². The van der Waals surface area contributed by atoms with Gasteiger partial charge in [-0.15, -0.1) is 10.2 Å². The molecule has 1 aliphatic rings. The van der Waals surface area contributed by atoms with Crippen LogP contribution in [0.5, 0.6) is 0 Å². The van der Waals surface area contributed by atoms with E-state index in [4.69, 9.17) is 0 Å². The average Bonchev–Trinajstić information content (AvgIpc) is 3.03. The van der Waals surface area contributed by atoms with Crippen LogP contribution in [0.4, 0.5) is 17.3 Å². The first-order chi connectivity index (χ1) is 15.1. The molecule has 0 unspecified atom stereocenters. The van der Waals surface area contributed by atoms with Gasteiger partial charge in [0.2, 0.25) is 5.91 Å². The quantitative estimate of drug-likeness (QED) is 0.371. The minimum Gasteiger partial charge on any atom is -0.367 e. The summed E-state index contributed by atoms with van der Waals surface area (Å²) in [5.41, 5.74) is 1.45. The largest absolute Gasteiger partial charge is 0.367 e. The van der Waals surface area contributed by atoms with Crippen LogP contribution < -0.4 is 16.0 Å². The van der Waals surface area contributed by atoms with Gasteiger partial charge < -0.3 is 16.0 Å². The van der Waals surface area contributed by atoms with E-state index in [-0.39, 0.29) is 6.54 Å². The lowest BCUT2D eigenvalue weighted by atomic mass is 10.1. The first-order valence-corrected chi connectivity index (χ1v) is 9.58. The summed E-state index contributed by atoms with van der Waals surface area (Å²) in [6.07, 6.45) is 3.36. The fraction of sp³-hybridized carbons (Fsp3) is 0.143. The number of amides is 3. The molecule has 3 heterocycles. The Morgan fingerprint density at radius 3 is 2.23 bits per heavy atom. The van der Waals surface area contributed by atoms with Gasteiger partial charge in [0.25, 0.3) is 11.8 Å². The zero-order chi connectivity index (χ0) is 21.6. The Bertz CT molecular complexity index is 1070. The van der Waals surface area contributed by atoms with Crippen LogP contribution in [0.1, 0.15) is 20.7 Å². The van der Waals surface area contributed by atoms with Gasteiger partial charge in [-0.3, -0.25) is 24.3 Å². The van der Waals surface area contributed by atoms with Crippen molar-refractivity contribution in [3.05, 3.63) is 72.1 Å². The van der Waals surface area contributed by atoms with Crippen LogP contribution in [0.2, 0.25) is 0 Å². The number of nitrogens with zero attached hydrogens (tertiary/aromatic N) is 4. The monoisotopic (exact) mass is 417 g/mol. The van der Waals surface area contributed by atoms with Crippen molar-refractivity contribution in [1.82, 2.24) is 25.4 Å². The highest BCUT2D eigenvalue weighted by molar-refractivity contribution is 6.22. The number of anilines is 3. The summed E-state index contributed by atoms with van der Waals surface area (Å²) < 4.78 is 0. The van der Waals surface area contributed by atoms with Gasteiger partial charge in [0.1, 0.15) is 12.4 Å². The fourth-order valence-electron chi connectivity index (χ4n) is 3.05. The lowest BCUT2D eigenvalue weighted by molar-refractivity contribution is -0.121. The topological polar surface area (TPSA) is 129 Å². The maximum absolute atomic E-state index is 12.3. The van der Waals surface area contributed by atoms with E-state index < -0.39 is 17.7 Å². The number of rotatable bonds is 8. The number of hydrogen-bond donors (Lipinski definition) is 3. The molecule has 1 aromatic carbocycles. The summed E-state index contributed by atoms with van der Waals surface area (Å²) in [5.74, 6) is -0.203. The molecule has 0 atom stereocenters. The number of carbonyl (C=O) groups excluding carboxylic acids is 3. The highest BCUT2D eigenvalue weighted by Crippen LogP contribution is 2.21. The van der Waals surface area contributed by atoms with Crippen LogP contribution in [0.3, 0.4) is 0 Å². The first kappa shape index (κ1) is 20.0. The molecule has 0 radical (unpaired) electrons. The Balaban J connectivity index is 1.20. The van der Waals surface area contributed by atoms with Gasteiger partial charge in [0.05, 0.1) is 23.0 Å².